The average molecular weight is 1330 g/mol. The highest BCUT2D eigenvalue weighted by Gasteiger charge is 2.25. The van der Waals surface area contributed by atoms with Crippen molar-refractivity contribution < 1.29 is 0 Å². The molecule has 0 bridgehead atoms. The SMILES string of the molecule is c1ccc(-c2cc(-c3ccccc3)cc(-n3c4ccccc4c4cc5c6ccc7c8ccccc8sc7c6n(-c6ccccc6)c5cc43)c2)cc1.c1ccc(-c2ccc(-c3cccc(-n4c5ccccc5c5cc6c7ccc8c9ccccc9sc8c7n(-c7ccccc7)c6cc54)c3)cc2)cc1. The van der Waals surface area contributed by atoms with Crippen LogP contribution in [0, 0.1) is 0 Å². The van der Waals surface area contributed by atoms with Gasteiger partial charge in [-0.3, -0.25) is 0 Å². The van der Waals surface area contributed by atoms with E-state index in [2.05, 4.69) is 382 Å². The zero-order valence-corrected chi connectivity index (χ0v) is 56.9. The van der Waals surface area contributed by atoms with Crippen LogP contribution in [0.3, 0.4) is 0 Å². The Balaban J connectivity index is 0.000000133. The molecule has 102 heavy (non-hydrogen) atoms. The molecule has 22 rings (SSSR count). The highest BCUT2D eigenvalue weighted by molar-refractivity contribution is 7.27. The van der Waals surface area contributed by atoms with Crippen LogP contribution in [0.25, 0.3) is 195 Å². The van der Waals surface area contributed by atoms with Crippen LogP contribution in [0.15, 0.2) is 364 Å². The van der Waals surface area contributed by atoms with E-state index < -0.39 is 0 Å². The zero-order chi connectivity index (χ0) is 66.9. The van der Waals surface area contributed by atoms with Crippen LogP contribution >= 0.6 is 22.7 Å². The fraction of sp³-hybridized carbons (Fsp3) is 0. The largest absolute Gasteiger partial charge is 0.309 e. The molecular weight excluding hydrogens is 1270 g/mol. The second-order valence-corrected chi connectivity index (χ2v) is 28.8. The van der Waals surface area contributed by atoms with Crippen molar-refractivity contribution in [1.82, 2.24) is 18.3 Å². The summed E-state index contributed by atoms with van der Waals surface area (Å²) in [6.45, 7) is 0. The fourth-order valence-corrected chi connectivity index (χ4v) is 18.9. The molecule has 0 aliphatic carbocycles. The smallest absolute Gasteiger partial charge is 0.0719 e. The molecule has 0 saturated carbocycles. The van der Waals surface area contributed by atoms with Gasteiger partial charge < -0.3 is 18.3 Å². The van der Waals surface area contributed by atoms with Crippen molar-refractivity contribution in [3.8, 4) is 67.3 Å². The van der Waals surface area contributed by atoms with Gasteiger partial charge in [-0.05, 0) is 148 Å². The Labute approximate surface area is 595 Å². The van der Waals surface area contributed by atoms with Gasteiger partial charge in [0, 0.05) is 96.8 Å². The third-order valence-electron chi connectivity index (χ3n) is 21.0. The lowest BCUT2D eigenvalue weighted by Gasteiger charge is -2.14. The van der Waals surface area contributed by atoms with Crippen LogP contribution in [-0.4, -0.2) is 18.3 Å². The Morgan fingerprint density at radius 1 is 0.157 bits per heavy atom. The van der Waals surface area contributed by atoms with Crippen molar-refractivity contribution in [3.63, 3.8) is 0 Å². The molecule has 0 unspecified atom stereocenters. The molecule has 16 aromatic carbocycles. The van der Waals surface area contributed by atoms with Crippen molar-refractivity contribution >= 4 is 150 Å². The standard InChI is InChI=1S/2C48H30N2S/c1-4-14-31(15-5-1)33-26-34(32-16-6-2-7-17-32)28-36(27-33)49-43-22-12-10-20-37(43)41-29-42-39-24-25-40-38-21-11-13-23-46(38)51-48(40)47(39)50(45(42)30-44(41)49)35-18-8-3-9-19-35;1-3-12-31(13-4-1)32-22-24-33(25-23-32)34-14-11-17-36(28-34)49-43-20-9-7-18-37(43)41-29-42-39-26-27-40-38-19-8-10-21-46(38)51-48(40)47(39)50(45(42)30-44(41)49)35-15-5-2-6-16-35/h2*1-30H. The number of aromatic nitrogens is 4. The minimum absolute atomic E-state index is 1.15. The van der Waals surface area contributed by atoms with E-state index in [9.17, 15) is 0 Å². The summed E-state index contributed by atoms with van der Waals surface area (Å²) in [5, 5.41) is 15.4. The lowest BCUT2D eigenvalue weighted by Crippen LogP contribution is -1.97. The summed E-state index contributed by atoms with van der Waals surface area (Å²) in [5.41, 5.74) is 24.1. The summed E-state index contributed by atoms with van der Waals surface area (Å²) in [7, 11) is 0. The van der Waals surface area contributed by atoms with Gasteiger partial charge in [0.2, 0.25) is 0 Å². The second kappa shape index (κ2) is 23.4. The molecule has 0 aliphatic heterocycles. The molecule has 0 radical (unpaired) electrons. The summed E-state index contributed by atoms with van der Waals surface area (Å²) in [5.74, 6) is 0. The highest BCUT2D eigenvalue weighted by Crippen LogP contribution is 2.49. The Hall–Kier alpha value is -12.8. The molecule has 0 saturated heterocycles. The van der Waals surface area contributed by atoms with Crippen LogP contribution in [0.2, 0.25) is 0 Å². The number of nitrogens with zero attached hydrogens (tertiary/aromatic N) is 4. The minimum atomic E-state index is 1.15. The molecular formula is C96H60N4S2. The third kappa shape index (κ3) is 9.20. The van der Waals surface area contributed by atoms with E-state index in [0.29, 0.717) is 0 Å². The topological polar surface area (TPSA) is 19.7 Å². The molecule has 4 nitrogen and oxygen atoms in total. The minimum Gasteiger partial charge on any atom is -0.309 e. The second-order valence-electron chi connectivity index (χ2n) is 26.7. The van der Waals surface area contributed by atoms with Gasteiger partial charge in [0.15, 0.2) is 0 Å². The summed E-state index contributed by atoms with van der Waals surface area (Å²) >= 11 is 3.79. The fourth-order valence-electron chi connectivity index (χ4n) is 16.4. The van der Waals surface area contributed by atoms with Crippen molar-refractivity contribution in [3.05, 3.63) is 364 Å². The summed E-state index contributed by atoms with van der Waals surface area (Å²) in [6.07, 6.45) is 0. The van der Waals surface area contributed by atoms with Gasteiger partial charge in [0.05, 0.1) is 53.5 Å². The maximum atomic E-state index is 2.50. The highest BCUT2D eigenvalue weighted by atomic mass is 32.1. The van der Waals surface area contributed by atoms with Crippen molar-refractivity contribution in [2.24, 2.45) is 0 Å². The van der Waals surface area contributed by atoms with E-state index in [4.69, 9.17) is 0 Å². The summed E-state index contributed by atoms with van der Waals surface area (Å²) in [6, 6.07) is 133. The predicted molar refractivity (Wildman–Crippen MR) is 438 cm³/mol. The monoisotopic (exact) mass is 1330 g/mol. The van der Waals surface area contributed by atoms with E-state index in [1.165, 1.54) is 183 Å². The van der Waals surface area contributed by atoms with Crippen LogP contribution in [0.5, 0.6) is 0 Å². The first-order valence-electron chi connectivity index (χ1n) is 34.9. The van der Waals surface area contributed by atoms with Crippen molar-refractivity contribution in [1.29, 1.82) is 0 Å². The van der Waals surface area contributed by atoms with Gasteiger partial charge in [-0.25, -0.2) is 0 Å². The van der Waals surface area contributed by atoms with E-state index in [0.717, 1.165) is 11.4 Å². The molecule has 6 heterocycles. The molecule has 22 aromatic rings. The van der Waals surface area contributed by atoms with E-state index in [1.54, 1.807) is 0 Å². The van der Waals surface area contributed by atoms with Gasteiger partial charge in [-0.1, -0.05) is 261 Å². The number of fused-ring (bicyclic) bond motifs is 20. The first kappa shape index (κ1) is 58.2. The van der Waals surface area contributed by atoms with Gasteiger partial charge in [-0.2, -0.15) is 0 Å². The van der Waals surface area contributed by atoms with E-state index >= 15 is 0 Å². The molecule has 0 aliphatic rings. The number of benzene rings is 16. The molecule has 0 N–H and O–H groups in total. The van der Waals surface area contributed by atoms with Crippen molar-refractivity contribution in [2.45, 2.75) is 0 Å². The quantitative estimate of drug-likeness (QED) is 0.144. The maximum Gasteiger partial charge on any atom is 0.0719 e. The van der Waals surface area contributed by atoms with Crippen LogP contribution in [-0.2, 0) is 0 Å². The lowest BCUT2D eigenvalue weighted by atomic mass is 9.98. The molecule has 0 amide bonds. The molecule has 6 aromatic heterocycles. The van der Waals surface area contributed by atoms with Crippen LogP contribution < -0.4 is 0 Å². The number of hydrogen-bond acceptors (Lipinski definition) is 2. The number of thiophene rings is 2. The van der Waals surface area contributed by atoms with E-state index in [1.807, 2.05) is 22.7 Å². The number of hydrogen-bond donors (Lipinski definition) is 0. The first-order chi connectivity index (χ1) is 50.6. The molecule has 0 fully saturated rings. The van der Waals surface area contributed by atoms with Crippen LogP contribution in [0.4, 0.5) is 0 Å². The van der Waals surface area contributed by atoms with Gasteiger partial charge in [0.25, 0.3) is 0 Å². The first-order valence-corrected chi connectivity index (χ1v) is 36.5. The molecule has 0 spiro atoms. The Morgan fingerprint density at radius 3 is 0.951 bits per heavy atom. The summed E-state index contributed by atoms with van der Waals surface area (Å²) in [4.78, 5) is 0. The van der Waals surface area contributed by atoms with Gasteiger partial charge in [0.1, 0.15) is 0 Å². The van der Waals surface area contributed by atoms with Gasteiger partial charge >= 0.3 is 0 Å². The van der Waals surface area contributed by atoms with E-state index in [-0.39, 0.29) is 0 Å². The number of para-hydroxylation sites is 4. The number of rotatable bonds is 8. The molecule has 476 valence electrons. The van der Waals surface area contributed by atoms with Crippen LogP contribution in [0.1, 0.15) is 0 Å². The van der Waals surface area contributed by atoms with Gasteiger partial charge in [-0.15, -0.1) is 22.7 Å². The zero-order valence-electron chi connectivity index (χ0n) is 55.2. The summed E-state index contributed by atoms with van der Waals surface area (Å²) < 4.78 is 15.2. The predicted octanol–water partition coefficient (Wildman–Crippen LogP) is 27.2. The van der Waals surface area contributed by atoms with Crippen molar-refractivity contribution in [2.75, 3.05) is 0 Å². The average Bonchev–Trinajstić information content (AvgIpc) is 1.55. The normalized spacial score (nSPS) is 11.9. The lowest BCUT2D eigenvalue weighted by molar-refractivity contribution is 1.17. The third-order valence-corrected chi connectivity index (χ3v) is 23.4. The Bertz CT molecular complexity index is 7020. The Morgan fingerprint density at radius 2 is 0.480 bits per heavy atom. The Kier molecular flexibility index (Phi) is 13.3. The molecule has 0 atom stereocenters. The maximum absolute atomic E-state index is 2.50. The molecule has 6 heteroatoms.